The number of thiazole rings is 1. The maximum absolute atomic E-state index is 14.3. The molecule has 1 aliphatic heterocycles. The van der Waals surface area contributed by atoms with E-state index in [0.717, 1.165) is 16.3 Å². The zero-order chi connectivity index (χ0) is 32.2. The van der Waals surface area contributed by atoms with Crippen LogP contribution in [0.4, 0.5) is 4.39 Å². The summed E-state index contributed by atoms with van der Waals surface area (Å²) in [7, 11) is 1.29. The third-order valence-corrected chi connectivity index (χ3v) is 8.52. The molecule has 0 bridgehead atoms. The summed E-state index contributed by atoms with van der Waals surface area (Å²) < 4.78 is 38.3. The standard InChI is InChI=1S/C36H31FN2O6S/c1-4-43-30-17-13-24(18-31(30)44-5-2)33-28(35(41)42-3)20-38-36-39(33)34(40)32(46-36)19-27-26-9-7-6-8-23(26)12-16-29(27)45-21-22-10-14-25(37)15-11-22/h6-20,33H,4-5,21H2,1-3H3/b32-19+/t33-/m1/s1. The Kier molecular flexibility index (Phi) is 8.98. The van der Waals surface area contributed by atoms with E-state index >= 15 is 0 Å². The highest BCUT2D eigenvalue weighted by molar-refractivity contribution is 7.07. The lowest BCUT2D eigenvalue weighted by Gasteiger charge is -2.23. The summed E-state index contributed by atoms with van der Waals surface area (Å²) in [6.45, 7) is 4.82. The zero-order valence-corrected chi connectivity index (χ0v) is 26.3. The smallest absolute Gasteiger partial charge is 0.337 e. The van der Waals surface area contributed by atoms with Gasteiger partial charge >= 0.3 is 5.97 Å². The van der Waals surface area contributed by atoms with Gasteiger partial charge in [0.2, 0.25) is 0 Å². The molecule has 1 aliphatic rings. The van der Waals surface area contributed by atoms with Crippen LogP contribution in [0.15, 0.2) is 100 Å². The predicted molar refractivity (Wildman–Crippen MR) is 175 cm³/mol. The average molecular weight is 639 g/mol. The number of halogens is 1. The summed E-state index contributed by atoms with van der Waals surface area (Å²) in [4.78, 5) is 32.2. The molecule has 46 heavy (non-hydrogen) atoms. The summed E-state index contributed by atoms with van der Waals surface area (Å²) in [5.41, 5.74) is 2.04. The van der Waals surface area contributed by atoms with Crippen LogP contribution in [0.25, 0.3) is 16.8 Å². The van der Waals surface area contributed by atoms with Crippen LogP contribution in [0.5, 0.6) is 17.2 Å². The third kappa shape index (κ3) is 6.03. The van der Waals surface area contributed by atoms with Crippen molar-refractivity contribution in [2.24, 2.45) is 4.99 Å². The Bertz CT molecular complexity index is 2140. The van der Waals surface area contributed by atoms with Gasteiger partial charge in [-0.05, 0) is 72.2 Å². The van der Waals surface area contributed by atoms with Gasteiger partial charge in [0.05, 0.1) is 36.5 Å². The zero-order valence-electron chi connectivity index (χ0n) is 25.5. The number of carbonyl (C=O) groups is 1. The predicted octanol–water partition coefficient (Wildman–Crippen LogP) is 5.69. The summed E-state index contributed by atoms with van der Waals surface area (Å²) >= 11 is 1.21. The van der Waals surface area contributed by atoms with Crippen molar-refractivity contribution in [3.8, 4) is 17.2 Å². The average Bonchev–Trinajstić information content (AvgIpc) is 3.39. The molecule has 1 aromatic heterocycles. The van der Waals surface area contributed by atoms with Gasteiger partial charge in [0.15, 0.2) is 16.3 Å². The Morgan fingerprint density at radius 3 is 2.43 bits per heavy atom. The topological polar surface area (TPSA) is 88.4 Å². The Morgan fingerprint density at radius 2 is 1.67 bits per heavy atom. The molecular formula is C36H31FN2O6S. The molecule has 0 aliphatic carbocycles. The number of ether oxygens (including phenoxy) is 4. The number of esters is 1. The van der Waals surface area contributed by atoms with E-state index in [4.69, 9.17) is 18.9 Å². The van der Waals surface area contributed by atoms with Crippen molar-refractivity contribution in [2.45, 2.75) is 26.5 Å². The van der Waals surface area contributed by atoms with Crippen molar-refractivity contribution >= 4 is 34.2 Å². The van der Waals surface area contributed by atoms with E-state index in [1.165, 1.54) is 41.3 Å². The minimum Gasteiger partial charge on any atom is -0.490 e. The van der Waals surface area contributed by atoms with Gasteiger partial charge in [0, 0.05) is 11.8 Å². The molecule has 0 unspecified atom stereocenters. The minimum atomic E-state index is -0.817. The molecule has 0 N–H and O–H groups in total. The summed E-state index contributed by atoms with van der Waals surface area (Å²) in [6, 6.07) is 22.3. The molecule has 2 heterocycles. The molecule has 4 aromatic carbocycles. The van der Waals surface area contributed by atoms with Gasteiger partial charge in [-0.3, -0.25) is 9.36 Å². The number of hydrogen-bond acceptors (Lipinski definition) is 8. The Morgan fingerprint density at radius 1 is 0.935 bits per heavy atom. The molecule has 0 saturated heterocycles. The number of rotatable bonds is 10. The fourth-order valence-corrected chi connectivity index (χ4v) is 6.36. The number of methoxy groups -OCH3 is 1. The Hall–Kier alpha value is -5.22. The van der Waals surface area contributed by atoms with E-state index in [2.05, 4.69) is 4.99 Å². The van der Waals surface area contributed by atoms with Crippen LogP contribution in [0.3, 0.4) is 0 Å². The van der Waals surface area contributed by atoms with E-state index in [-0.39, 0.29) is 23.6 Å². The Balaban J connectivity index is 1.50. The molecule has 0 spiro atoms. The van der Waals surface area contributed by atoms with Crippen LogP contribution >= 0.6 is 11.3 Å². The van der Waals surface area contributed by atoms with Crippen LogP contribution in [0, 0.1) is 5.82 Å². The van der Waals surface area contributed by atoms with Crippen LogP contribution in [-0.2, 0) is 16.1 Å². The first-order chi connectivity index (χ1) is 22.4. The molecule has 0 radical (unpaired) electrons. The van der Waals surface area contributed by atoms with E-state index < -0.39 is 12.0 Å². The minimum absolute atomic E-state index is 0.210. The van der Waals surface area contributed by atoms with Crippen molar-refractivity contribution < 1.29 is 28.1 Å². The number of aromatic nitrogens is 1. The van der Waals surface area contributed by atoms with Gasteiger partial charge in [-0.2, -0.15) is 0 Å². The highest BCUT2D eigenvalue weighted by Crippen LogP contribution is 2.35. The van der Waals surface area contributed by atoms with E-state index in [0.29, 0.717) is 50.9 Å². The number of nitrogens with zero attached hydrogens (tertiary/aromatic N) is 2. The molecule has 8 nitrogen and oxygen atoms in total. The molecule has 1 atom stereocenters. The summed E-state index contributed by atoms with van der Waals surface area (Å²) in [6.07, 6.45) is 3.26. The highest BCUT2D eigenvalue weighted by atomic mass is 32.1. The number of benzene rings is 4. The number of carbonyl (C=O) groups excluding carboxylic acids is 1. The van der Waals surface area contributed by atoms with E-state index in [1.54, 1.807) is 30.3 Å². The van der Waals surface area contributed by atoms with Gasteiger partial charge in [-0.1, -0.05) is 59.9 Å². The maximum Gasteiger partial charge on any atom is 0.337 e. The molecule has 0 amide bonds. The molecule has 6 rings (SSSR count). The van der Waals surface area contributed by atoms with Gasteiger partial charge in [0.25, 0.3) is 5.56 Å². The van der Waals surface area contributed by atoms with Crippen molar-refractivity contribution in [1.82, 2.24) is 4.57 Å². The van der Waals surface area contributed by atoms with Gasteiger partial charge in [-0.25, -0.2) is 14.2 Å². The molecule has 234 valence electrons. The number of fused-ring (bicyclic) bond motifs is 2. The molecular weight excluding hydrogens is 607 g/mol. The first-order valence-corrected chi connectivity index (χ1v) is 15.6. The highest BCUT2D eigenvalue weighted by Gasteiger charge is 2.31. The fourth-order valence-electron chi connectivity index (χ4n) is 5.41. The van der Waals surface area contributed by atoms with Gasteiger partial charge in [0.1, 0.15) is 18.2 Å². The largest absolute Gasteiger partial charge is 0.490 e. The lowest BCUT2D eigenvalue weighted by Crippen LogP contribution is -2.39. The van der Waals surface area contributed by atoms with Crippen molar-refractivity contribution in [3.05, 3.63) is 133 Å². The van der Waals surface area contributed by atoms with Crippen LogP contribution in [-0.4, -0.2) is 30.9 Å². The summed E-state index contributed by atoms with van der Waals surface area (Å²) in [5, 5.41) is 1.86. The van der Waals surface area contributed by atoms with Gasteiger partial charge in [-0.15, -0.1) is 0 Å². The lowest BCUT2D eigenvalue weighted by atomic mass is 9.97. The van der Waals surface area contributed by atoms with Crippen LogP contribution < -0.4 is 29.1 Å². The third-order valence-electron chi connectivity index (χ3n) is 7.52. The second-order valence-corrected chi connectivity index (χ2v) is 11.4. The number of hydrogen-bond donors (Lipinski definition) is 0. The second kappa shape index (κ2) is 13.4. The van der Waals surface area contributed by atoms with E-state index in [1.807, 2.05) is 56.3 Å². The van der Waals surface area contributed by atoms with Crippen molar-refractivity contribution in [3.63, 3.8) is 0 Å². The van der Waals surface area contributed by atoms with Crippen molar-refractivity contribution in [1.29, 1.82) is 0 Å². The normalized spacial score (nSPS) is 14.3. The van der Waals surface area contributed by atoms with Crippen LogP contribution in [0.2, 0.25) is 0 Å². The van der Waals surface area contributed by atoms with Gasteiger partial charge < -0.3 is 18.9 Å². The van der Waals surface area contributed by atoms with E-state index in [9.17, 15) is 14.0 Å². The maximum atomic E-state index is 14.3. The quantitative estimate of drug-likeness (QED) is 0.183. The van der Waals surface area contributed by atoms with Crippen molar-refractivity contribution in [2.75, 3.05) is 20.3 Å². The second-order valence-electron chi connectivity index (χ2n) is 10.4. The molecule has 0 fully saturated rings. The first kappa shape index (κ1) is 30.8. The lowest BCUT2D eigenvalue weighted by molar-refractivity contribution is -0.136. The molecule has 5 aromatic rings. The fraction of sp³-hybridized carbons (Fsp3) is 0.194. The SMILES string of the molecule is CCOc1ccc([C@@H]2C(C(=O)OC)=CN=c3s/c(=C/c4c(OCc5ccc(F)cc5)ccc5ccccc45)c(=O)n32)cc1OCC. The summed E-state index contributed by atoms with van der Waals surface area (Å²) in [5.74, 6) is 0.713. The monoisotopic (exact) mass is 638 g/mol. The van der Waals surface area contributed by atoms with Crippen LogP contribution in [0.1, 0.15) is 36.6 Å². The first-order valence-electron chi connectivity index (χ1n) is 14.8. The Labute approximate surface area is 268 Å². The molecule has 0 saturated carbocycles. The molecule has 10 heteroatoms.